The molecule has 1 atom stereocenters. The molecule has 1 amide bonds. The molecule has 4 rings (SSSR count). The van der Waals surface area contributed by atoms with Crippen LogP contribution >= 0.6 is 0 Å². The van der Waals surface area contributed by atoms with Gasteiger partial charge in [0, 0.05) is 25.6 Å². The molecule has 0 radical (unpaired) electrons. The molecule has 6 heteroatoms. The number of rotatable bonds is 4. The van der Waals surface area contributed by atoms with Gasteiger partial charge in [0.2, 0.25) is 5.91 Å². The van der Waals surface area contributed by atoms with E-state index in [1.54, 1.807) is 6.26 Å². The SMILES string of the molecule is O=C(O)C1CC2(CCN(C(=O)C3CC3)CC2)CN1Cc1ccco1. The Hall–Kier alpha value is -1.82. The van der Waals surface area contributed by atoms with E-state index in [1.807, 2.05) is 21.9 Å². The number of hydrogen-bond donors (Lipinski definition) is 1. The number of carbonyl (C=O) groups is 2. The van der Waals surface area contributed by atoms with Gasteiger partial charge in [0.1, 0.15) is 11.8 Å². The summed E-state index contributed by atoms with van der Waals surface area (Å²) in [6.45, 7) is 2.86. The zero-order valence-corrected chi connectivity index (χ0v) is 13.8. The lowest BCUT2D eigenvalue weighted by Crippen LogP contribution is -2.44. The fourth-order valence-corrected chi connectivity index (χ4v) is 4.31. The number of hydrogen-bond acceptors (Lipinski definition) is 4. The van der Waals surface area contributed by atoms with Crippen molar-refractivity contribution in [3.05, 3.63) is 24.2 Å². The number of amides is 1. The van der Waals surface area contributed by atoms with Crippen molar-refractivity contribution in [2.24, 2.45) is 11.3 Å². The molecule has 0 aromatic carbocycles. The molecule has 1 saturated carbocycles. The van der Waals surface area contributed by atoms with Gasteiger partial charge in [-0.3, -0.25) is 14.5 Å². The fraction of sp³-hybridized carbons (Fsp3) is 0.667. The van der Waals surface area contributed by atoms with E-state index < -0.39 is 12.0 Å². The molecule has 3 aliphatic rings. The first-order valence-electron chi connectivity index (χ1n) is 8.84. The Bertz CT molecular complexity index is 615. The number of carboxylic acid groups (broad SMARTS) is 1. The van der Waals surface area contributed by atoms with Crippen molar-refractivity contribution in [1.82, 2.24) is 9.80 Å². The zero-order valence-electron chi connectivity index (χ0n) is 13.8. The number of carbonyl (C=O) groups excluding carboxylic acids is 1. The Morgan fingerprint density at radius 1 is 1.29 bits per heavy atom. The van der Waals surface area contributed by atoms with Gasteiger partial charge in [-0.1, -0.05) is 0 Å². The van der Waals surface area contributed by atoms with E-state index in [4.69, 9.17) is 4.42 Å². The summed E-state index contributed by atoms with van der Waals surface area (Å²) < 4.78 is 5.39. The molecule has 1 spiro atoms. The number of furan rings is 1. The number of nitrogens with zero attached hydrogens (tertiary/aromatic N) is 2. The van der Waals surface area contributed by atoms with Gasteiger partial charge in [0.25, 0.3) is 0 Å². The van der Waals surface area contributed by atoms with Crippen LogP contribution in [0.2, 0.25) is 0 Å². The first kappa shape index (κ1) is 15.7. The highest BCUT2D eigenvalue weighted by molar-refractivity contribution is 5.81. The molecule has 1 aromatic rings. The Kier molecular flexibility index (Phi) is 3.87. The average Bonchev–Trinajstić information content (AvgIpc) is 3.19. The fourth-order valence-electron chi connectivity index (χ4n) is 4.31. The standard InChI is InChI=1S/C18H24N2O4/c21-16(13-3-4-13)19-7-5-18(6-8-19)10-15(17(22)23)20(12-18)11-14-2-1-9-24-14/h1-2,9,13,15H,3-8,10-12H2,(H,22,23). The minimum absolute atomic E-state index is 0.0238. The molecule has 2 aliphatic heterocycles. The van der Waals surface area contributed by atoms with Crippen molar-refractivity contribution >= 4 is 11.9 Å². The maximum atomic E-state index is 12.2. The predicted molar refractivity (Wildman–Crippen MR) is 86.1 cm³/mol. The Morgan fingerprint density at radius 2 is 2.04 bits per heavy atom. The molecule has 0 bridgehead atoms. The summed E-state index contributed by atoms with van der Waals surface area (Å²) in [5.41, 5.74) is 0.0238. The highest BCUT2D eigenvalue weighted by Crippen LogP contribution is 2.44. The number of aliphatic carboxylic acids is 1. The topological polar surface area (TPSA) is 74.0 Å². The lowest BCUT2D eigenvalue weighted by molar-refractivity contribution is -0.142. The largest absolute Gasteiger partial charge is 0.480 e. The summed E-state index contributed by atoms with van der Waals surface area (Å²) in [5.74, 6) is 0.629. The molecule has 1 aliphatic carbocycles. The molecule has 3 heterocycles. The van der Waals surface area contributed by atoms with Crippen LogP contribution in [-0.2, 0) is 16.1 Å². The van der Waals surface area contributed by atoms with Crippen LogP contribution in [0.1, 0.15) is 37.9 Å². The summed E-state index contributed by atoms with van der Waals surface area (Å²) in [5, 5.41) is 9.61. The second kappa shape index (κ2) is 5.92. The van der Waals surface area contributed by atoms with E-state index in [-0.39, 0.29) is 11.3 Å². The summed E-state index contributed by atoms with van der Waals surface area (Å²) in [4.78, 5) is 27.9. The van der Waals surface area contributed by atoms with Crippen molar-refractivity contribution in [2.75, 3.05) is 19.6 Å². The van der Waals surface area contributed by atoms with E-state index >= 15 is 0 Å². The molecular weight excluding hydrogens is 308 g/mol. The minimum Gasteiger partial charge on any atom is -0.480 e. The van der Waals surface area contributed by atoms with Crippen LogP contribution in [0.4, 0.5) is 0 Å². The third-order valence-corrected chi connectivity index (χ3v) is 5.89. The quantitative estimate of drug-likeness (QED) is 0.912. The van der Waals surface area contributed by atoms with Gasteiger partial charge < -0.3 is 14.4 Å². The van der Waals surface area contributed by atoms with Crippen molar-refractivity contribution in [2.45, 2.75) is 44.7 Å². The van der Waals surface area contributed by atoms with Crippen LogP contribution in [0.5, 0.6) is 0 Å². The number of carboxylic acids is 1. The van der Waals surface area contributed by atoms with Crippen molar-refractivity contribution in [3.63, 3.8) is 0 Å². The Labute approximate surface area is 141 Å². The highest BCUT2D eigenvalue weighted by Gasteiger charge is 2.49. The van der Waals surface area contributed by atoms with Gasteiger partial charge in [-0.2, -0.15) is 0 Å². The smallest absolute Gasteiger partial charge is 0.320 e. The Morgan fingerprint density at radius 3 is 2.62 bits per heavy atom. The normalized spacial score (nSPS) is 26.8. The van der Waals surface area contributed by atoms with Gasteiger partial charge >= 0.3 is 5.97 Å². The molecule has 3 fully saturated rings. The molecule has 24 heavy (non-hydrogen) atoms. The van der Waals surface area contributed by atoms with Crippen molar-refractivity contribution < 1.29 is 19.1 Å². The first-order chi connectivity index (χ1) is 11.6. The van der Waals surface area contributed by atoms with Crippen molar-refractivity contribution in [1.29, 1.82) is 0 Å². The van der Waals surface area contributed by atoms with Gasteiger partial charge in [-0.05, 0) is 49.7 Å². The second-order valence-electron chi connectivity index (χ2n) is 7.64. The van der Waals surface area contributed by atoms with Crippen LogP contribution < -0.4 is 0 Å². The average molecular weight is 332 g/mol. The maximum Gasteiger partial charge on any atom is 0.320 e. The van der Waals surface area contributed by atoms with Gasteiger partial charge in [0.15, 0.2) is 0 Å². The van der Waals surface area contributed by atoms with E-state index in [0.717, 1.165) is 51.1 Å². The summed E-state index contributed by atoms with van der Waals surface area (Å²) in [7, 11) is 0. The molecule has 1 unspecified atom stereocenters. The first-order valence-corrected chi connectivity index (χ1v) is 8.84. The molecule has 130 valence electrons. The van der Waals surface area contributed by atoms with Crippen LogP contribution in [0.15, 0.2) is 22.8 Å². The molecule has 2 saturated heterocycles. The third-order valence-electron chi connectivity index (χ3n) is 5.89. The monoisotopic (exact) mass is 332 g/mol. The lowest BCUT2D eigenvalue weighted by atomic mass is 9.76. The third kappa shape index (κ3) is 2.95. The summed E-state index contributed by atoms with van der Waals surface area (Å²) in [6.07, 6.45) is 6.19. The second-order valence-corrected chi connectivity index (χ2v) is 7.64. The minimum atomic E-state index is -0.755. The maximum absolute atomic E-state index is 12.2. The van der Waals surface area contributed by atoms with Gasteiger partial charge in [-0.15, -0.1) is 0 Å². The van der Waals surface area contributed by atoms with Crippen molar-refractivity contribution in [3.8, 4) is 0 Å². The molecular formula is C18H24N2O4. The number of piperidine rings is 1. The zero-order chi connectivity index (χ0) is 16.7. The predicted octanol–water partition coefficient (Wildman–Crippen LogP) is 1.96. The summed E-state index contributed by atoms with van der Waals surface area (Å²) >= 11 is 0. The molecule has 1 N–H and O–H groups in total. The van der Waals surface area contributed by atoms with E-state index in [0.29, 0.717) is 18.9 Å². The summed E-state index contributed by atoms with van der Waals surface area (Å²) in [6, 6.07) is 3.26. The van der Waals surface area contributed by atoms with Crippen LogP contribution in [0.25, 0.3) is 0 Å². The van der Waals surface area contributed by atoms with E-state index in [1.165, 1.54) is 0 Å². The lowest BCUT2D eigenvalue weighted by Gasteiger charge is -2.39. The Balaban J connectivity index is 1.42. The highest BCUT2D eigenvalue weighted by atomic mass is 16.4. The van der Waals surface area contributed by atoms with Gasteiger partial charge in [-0.25, -0.2) is 0 Å². The van der Waals surface area contributed by atoms with Crippen LogP contribution in [-0.4, -0.2) is 52.5 Å². The van der Waals surface area contributed by atoms with E-state index in [2.05, 4.69) is 0 Å². The molecule has 1 aromatic heterocycles. The number of likely N-dealkylation sites (tertiary alicyclic amines) is 2. The van der Waals surface area contributed by atoms with Gasteiger partial charge in [0.05, 0.1) is 12.8 Å². The molecule has 6 nitrogen and oxygen atoms in total. The van der Waals surface area contributed by atoms with E-state index in [9.17, 15) is 14.7 Å². The van der Waals surface area contributed by atoms with Crippen LogP contribution in [0, 0.1) is 11.3 Å². The van der Waals surface area contributed by atoms with Crippen LogP contribution in [0.3, 0.4) is 0 Å².